The highest BCUT2D eigenvalue weighted by atomic mass is 19.1. The number of oxazole rings is 1. The molecule has 7 heteroatoms. The van der Waals surface area contributed by atoms with Gasteiger partial charge in [0.05, 0.1) is 6.20 Å². The zero-order chi connectivity index (χ0) is 19.9. The minimum absolute atomic E-state index is 0.133. The Morgan fingerprint density at radius 1 is 1.14 bits per heavy atom. The van der Waals surface area contributed by atoms with Crippen LogP contribution >= 0.6 is 0 Å². The molecule has 1 heterocycles. The molecular formula is C21H20FN3O3. The first-order chi connectivity index (χ1) is 13.5. The summed E-state index contributed by atoms with van der Waals surface area (Å²) in [6, 6.07) is 13.2. The maximum atomic E-state index is 13.0. The van der Waals surface area contributed by atoms with Crippen LogP contribution in [0.25, 0.3) is 11.3 Å². The molecular weight excluding hydrogens is 361 g/mol. The van der Waals surface area contributed by atoms with Gasteiger partial charge in [0.1, 0.15) is 5.82 Å². The lowest BCUT2D eigenvalue weighted by molar-refractivity contribution is -0.121. The summed E-state index contributed by atoms with van der Waals surface area (Å²) in [5.41, 5.74) is 2.30. The number of benzene rings is 2. The van der Waals surface area contributed by atoms with Crippen molar-refractivity contribution in [3.8, 4) is 11.3 Å². The van der Waals surface area contributed by atoms with E-state index in [0.717, 1.165) is 11.1 Å². The second-order valence-corrected chi connectivity index (χ2v) is 6.28. The van der Waals surface area contributed by atoms with Gasteiger partial charge in [-0.25, -0.2) is 9.37 Å². The van der Waals surface area contributed by atoms with Crippen LogP contribution < -0.4 is 10.6 Å². The largest absolute Gasteiger partial charge is 0.441 e. The smallest absolute Gasteiger partial charge is 0.221 e. The summed E-state index contributed by atoms with van der Waals surface area (Å²) in [7, 11) is 0. The zero-order valence-corrected chi connectivity index (χ0v) is 15.4. The minimum Gasteiger partial charge on any atom is -0.441 e. The molecule has 144 valence electrons. The van der Waals surface area contributed by atoms with Gasteiger partial charge in [0.2, 0.25) is 11.8 Å². The van der Waals surface area contributed by atoms with E-state index in [4.69, 9.17) is 4.42 Å². The highest BCUT2D eigenvalue weighted by molar-refractivity contribution is 5.88. The van der Waals surface area contributed by atoms with E-state index in [2.05, 4.69) is 15.6 Å². The third-order valence-electron chi connectivity index (χ3n) is 3.99. The van der Waals surface area contributed by atoms with Crippen molar-refractivity contribution in [1.29, 1.82) is 0 Å². The Hall–Kier alpha value is -3.48. The summed E-state index contributed by atoms with van der Waals surface area (Å²) in [5, 5.41) is 5.54. The molecule has 0 saturated carbocycles. The monoisotopic (exact) mass is 381 g/mol. The van der Waals surface area contributed by atoms with Crippen molar-refractivity contribution < 1.29 is 18.4 Å². The predicted octanol–water partition coefficient (Wildman–Crippen LogP) is 3.69. The molecule has 0 bridgehead atoms. The lowest BCUT2D eigenvalue weighted by Crippen LogP contribution is -2.23. The van der Waals surface area contributed by atoms with Crippen molar-refractivity contribution in [3.05, 3.63) is 72.0 Å². The number of carbonyl (C=O) groups excluding carboxylic acids is 2. The van der Waals surface area contributed by atoms with Crippen LogP contribution in [0.1, 0.15) is 24.8 Å². The number of nitrogens with one attached hydrogen (secondary N) is 2. The Kier molecular flexibility index (Phi) is 6.16. The zero-order valence-electron chi connectivity index (χ0n) is 15.4. The summed E-state index contributed by atoms with van der Waals surface area (Å²) in [5.74, 6) is 0.383. The first-order valence-corrected chi connectivity index (χ1v) is 8.83. The van der Waals surface area contributed by atoms with Crippen LogP contribution in [0.3, 0.4) is 0 Å². The normalized spacial score (nSPS) is 10.5. The van der Waals surface area contributed by atoms with E-state index in [1.165, 1.54) is 19.1 Å². The molecule has 2 N–H and O–H groups in total. The van der Waals surface area contributed by atoms with Gasteiger partial charge in [-0.3, -0.25) is 9.59 Å². The second kappa shape index (κ2) is 8.94. The number of aryl methyl sites for hydroxylation is 1. The number of halogens is 1. The number of nitrogens with zero attached hydrogens (tertiary/aromatic N) is 1. The van der Waals surface area contributed by atoms with Crippen molar-refractivity contribution in [2.75, 3.05) is 5.32 Å². The van der Waals surface area contributed by atoms with Crippen LogP contribution in [0.2, 0.25) is 0 Å². The highest BCUT2D eigenvalue weighted by Crippen LogP contribution is 2.21. The maximum Gasteiger partial charge on any atom is 0.221 e. The molecule has 0 spiro atoms. The molecule has 0 atom stereocenters. The van der Waals surface area contributed by atoms with Crippen LogP contribution in [0.15, 0.2) is 59.1 Å². The summed E-state index contributed by atoms with van der Waals surface area (Å²) in [4.78, 5) is 27.3. The topological polar surface area (TPSA) is 84.2 Å². The number of hydrogen-bond donors (Lipinski definition) is 2. The summed E-state index contributed by atoms with van der Waals surface area (Å²) in [6.07, 6.45) is 2.15. The SMILES string of the molecule is CC(=O)Nc1cccc(CNC(=O)CCc2ncc(-c3ccc(F)cc3)o2)c1. The highest BCUT2D eigenvalue weighted by Gasteiger charge is 2.09. The maximum absolute atomic E-state index is 13.0. The third-order valence-corrected chi connectivity index (χ3v) is 3.99. The number of hydrogen-bond acceptors (Lipinski definition) is 4. The van der Waals surface area contributed by atoms with E-state index in [0.29, 0.717) is 30.3 Å². The predicted molar refractivity (Wildman–Crippen MR) is 103 cm³/mol. The van der Waals surface area contributed by atoms with Crippen molar-refractivity contribution in [1.82, 2.24) is 10.3 Å². The molecule has 0 aliphatic rings. The molecule has 1 aromatic heterocycles. The number of amides is 2. The van der Waals surface area contributed by atoms with Gasteiger partial charge in [-0.1, -0.05) is 12.1 Å². The molecule has 3 aromatic rings. The average molecular weight is 381 g/mol. The molecule has 2 aromatic carbocycles. The van der Waals surface area contributed by atoms with Crippen molar-refractivity contribution in [2.45, 2.75) is 26.3 Å². The third kappa shape index (κ3) is 5.51. The Bertz CT molecular complexity index is 967. The van der Waals surface area contributed by atoms with Crippen LogP contribution in [-0.4, -0.2) is 16.8 Å². The van der Waals surface area contributed by atoms with Crippen molar-refractivity contribution >= 4 is 17.5 Å². The van der Waals surface area contributed by atoms with E-state index in [1.807, 2.05) is 18.2 Å². The van der Waals surface area contributed by atoms with Gasteiger partial charge >= 0.3 is 0 Å². The van der Waals surface area contributed by atoms with E-state index in [9.17, 15) is 14.0 Å². The summed E-state index contributed by atoms with van der Waals surface area (Å²) in [6.45, 7) is 1.80. The van der Waals surface area contributed by atoms with Gasteiger partial charge in [-0.2, -0.15) is 0 Å². The van der Waals surface area contributed by atoms with Crippen molar-refractivity contribution in [3.63, 3.8) is 0 Å². The quantitative estimate of drug-likeness (QED) is 0.654. The Balaban J connectivity index is 1.48. The minimum atomic E-state index is -0.317. The molecule has 3 rings (SSSR count). The van der Waals surface area contributed by atoms with E-state index in [-0.39, 0.29) is 24.1 Å². The molecule has 0 aliphatic heterocycles. The van der Waals surface area contributed by atoms with Gasteiger partial charge in [0, 0.05) is 37.6 Å². The second-order valence-electron chi connectivity index (χ2n) is 6.28. The van der Waals surface area contributed by atoms with Crippen LogP contribution in [-0.2, 0) is 22.6 Å². The fourth-order valence-corrected chi connectivity index (χ4v) is 2.65. The first-order valence-electron chi connectivity index (χ1n) is 8.83. The standard InChI is InChI=1S/C21H20FN3O3/c1-14(26)25-18-4-2-3-15(11-18)12-23-20(27)9-10-21-24-13-19(28-21)16-5-7-17(22)8-6-16/h2-8,11,13H,9-10,12H2,1H3,(H,23,27)(H,25,26). The lowest BCUT2D eigenvalue weighted by Gasteiger charge is -2.07. The van der Waals surface area contributed by atoms with Crippen LogP contribution in [0.4, 0.5) is 10.1 Å². The molecule has 0 radical (unpaired) electrons. The Labute approximate surface area is 161 Å². The van der Waals surface area contributed by atoms with Gasteiger partial charge in [-0.15, -0.1) is 0 Å². The van der Waals surface area contributed by atoms with E-state index < -0.39 is 0 Å². The van der Waals surface area contributed by atoms with Crippen LogP contribution in [0, 0.1) is 5.82 Å². The number of carbonyl (C=O) groups is 2. The molecule has 0 saturated heterocycles. The molecule has 2 amide bonds. The van der Waals surface area contributed by atoms with Crippen molar-refractivity contribution in [2.24, 2.45) is 0 Å². The fourth-order valence-electron chi connectivity index (χ4n) is 2.65. The number of anilines is 1. The van der Waals surface area contributed by atoms with Crippen LogP contribution in [0.5, 0.6) is 0 Å². The lowest BCUT2D eigenvalue weighted by atomic mass is 10.2. The number of aromatic nitrogens is 1. The van der Waals surface area contributed by atoms with Gasteiger partial charge < -0.3 is 15.1 Å². The molecule has 28 heavy (non-hydrogen) atoms. The average Bonchev–Trinajstić information content (AvgIpc) is 3.14. The molecule has 0 unspecified atom stereocenters. The Morgan fingerprint density at radius 2 is 1.93 bits per heavy atom. The van der Waals surface area contributed by atoms with E-state index >= 15 is 0 Å². The number of rotatable bonds is 7. The van der Waals surface area contributed by atoms with E-state index in [1.54, 1.807) is 24.4 Å². The van der Waals surface area contributed by atoms with Gasteiger partial charge in [0.15, 0.2) is 11.7 Å². The molecule has 0 fully saturated rings. The summed E-state index contributed by atoms with van der Waals surface area (Å²) >= 11 is 0. The summed E-state index contributed by atoms with van der Waals surface area (Å²) < 4.78 is 18.6. The first kappa shape index (κ1) is 19.3. The fraction of sp³-hybridized carbons (Fsp3) is 0.190. The van der Waals surface area contributed by atoms with Gasteiger partial charge in [0.25, 0.3) is 0 Å². The Morgan fingerprint density at radius 3 is 2.68 bits per heavy atom. The molecule has 6 nitrogen and oxygen atoms in total. The molecule has 0 aliphatic carbocycles. The van der Waals surface area contributed by atoms with Gasteiger partial charge in [-0.05, 0) is 42.0 Å².